The number of hydrogen-bond donors (Lipinski definition) is 1. The lowest BCUT2D eigenvalue weighted by Gasteiger charge is -2.40. The van der Waals surface area contributed by atoms with E-state index in [1.807, 2.05) is 0 Å². The minimum absolute atomic E-state index is 0.259. The first-order chi connectivity index (χ1) is 9.66. The van der Waals surface area contributed by atoms with Gasteiger partial charge in [-0.15, -0.1) is 0 Å². The molecule has 2 unspecified atom stereocenters. The van der Waals surface area contributed by atoms with E-state index in [-0.39, 0.29) is 6.10 Å². The van der Waals surface area contributed by atoms with Crippen LogP contribution >= 0.6 is 0 Å². The number of aryl methyl sites for hydroxylation is 1. The largest absolute Gasteiger partial charge is 0.374 e. The summed E-state index contributed by atoms with van der Waals surface area (Å²) >= 11 is 0. The molecule has 2 fully saturated rings. The molecule has 0 amide bonds. The maximum atomic E-state index is 6.08. The van der Waals surface area contributed by atoms with Gasteiger partial charge in [0.05, 0.1) is 18.8 Å². The Morgan fingerprint density at radius 1 is 1.30 bits per heavy atom. The number of likely N-dealkylation sites (N-methyl/N-ethyl adjacent to an activating group) is 1. The fraction of sp³-hybridized carbons (Fsp3) is 0.647. The van der Waals surface area contributed by atoms with Crippen LogP contribution in [-0.2, 0) is 4.74 Å². The van der Waals surface area contributed by atoms with Crippen LogP contribution < -0.4 is 5.32 Å². The Morgan fingerprint density at radius 2 is 2.10 bits per heavy atom. The van der Waals surface area contributed by atoms with Gasteiger partial charge in [-0.05, 0) is 50.4 Å². The zero-order chi connectivity index (χ0) is 14.1. The number of nitrogens with zero attached hydrogens (tertiary/aromatic N) is 1. The van der Waals surface area contributed by atoms with Gasteiger partial charge in [0.1, 0.15) is 0 Å². The lowest BCUT2D eigenvalue weighted by Crippen LogP contribution is -2.48. The molecular formula is C17H26N2O. The summed E-state index contributed by atoms with van der Waals surface area (Å²) in [6.07, 6.45) is 2.92. The van der Waals surface area contributed by atoms with E-state index in [1.54, 1.807) is 0 Å². The van der Waals surface area contributed by atoms with Crippen LogP contribution in [-0.4, -0.2) is 43.8 Å². The molecule has 0 aromatic heterocycles. The number of hydrogen-bond acceptors (Lipinski definition) is 3. The van der Waals surface area contributed by atoms with Crippen molar-refractivity contribution in [2.45, 2.75) is 44.9 Å². The van der Waals surface area contributed by atoms with Crippen LogP contribution in [0.5, 0.6) is 0 Å². The van der Waals surface area contributed by atoms with Crippen molar-refractivity contribution >= 4 is 0 Å². The highest BCUT2D eigenvalue weighted by molar-refractivity contribution is 5.36. The Labute approximate surface area is 122 Å². The summed E-state index contributed by atoms with van der Waals surface area (Å²) in [4.78, 5) is 2.45. The van der Waals surface area contributed by atoms with Crippen LogP contribution in [0.15, 0.2) is 18.2 Å². The van der Waals surface area contributed by atoms with Crippen molar-refractivity contribution in [3.63, 3.8) is 0 Å². The van der Waals surface area contributed by atoms with Gasteiger partial charge < -0.3 is 10.1 Å². The van der Waals surface area contributed by atoms with Gasteiger partial charge in [-0.1, -0.05) is 18.2 Å². The third kappa shape index (κ3) is 2.90. The smallest absolute Gasteiger partial charge is 0.0896 e. The van der Waals surface area contributed by atoms with Gasteiger partial charge in [0.2, 0.25) is 0 Å². The minimum atomic E-state index is 0.259. The van der Waals surface area contributed by atoms with Crippen molar-refractivity contribution < 1.29 is 4.74 Å². The molecule has 1 aliphatic heterocycles. The molecule has 2 atom stereocenters. The topological polar surface area (TPSA) is 24.5 Å². The second kappa shape index (κ2) is 5.84. The monoisotopic (exact) mass is 274 g/mol. The van der Waals surface area contributed by atoms with Crippen molar-refractivity contribution in [3.8, 4) is 0 Å². The van der Waals surface area contributed by atoms with Crippen LogP contribution in [0.1, 0.15) is 35.6 Å². The highest BCUT2D eigenvalue weighted by Crippen LogP contribution is 2.32. The fourth-order valence-electron chi connectivity index (χ4n) is 3.13. The van der Waals surface area contributed by atoms with Crippen LogP contribution in [0.25, 0.3) is 0 Å². The molecule has 0 spiro atoms. The summed E-state index contributed by atoms with van der Waals surface area (Å²) in [7, 11) is 2.22. The Bertz CT molecular complexity index is 470. The van der Waals surface area contributed by atoms with Crippen molar-refractivity contribution in [2.75, 3.05) is 26.7 Å². The summed E-state index contributed by atoms with van der Waals surface area (Å²) in [6.45, 7) is 7.25. The molecule has 3 heteroatoms. The molecule has 1 heterocycles. The van der Waals surface area contributed by atoms with Gasteiger partial charge in [0.25, 0.3) is 0 Å². The summed E-state index contributed by atoms with van der Waals surface area (Å²) in [5, 5.41) is 3.63. The predicted molar refractivity (Wildman–Crippen MR) is 82.1 cm³/mol. The number of ether oxygens (including phenoxy) is 1. The van der Waals surface area contributed by atoms with Crippen LogP contribution in [0.4, 0.5) is 0 Å². The van der Waals surface area contributed by atoms with Crippen molar-refractivity contribution in [1.82, 2.24) is 10.2 Å². The Kier molecular flexibility index (Phi) is 4.11. The summed E-state index contributed by atoms with van der Waals surface area (Å²) in [5.41, 5.74) is 4.21. The van der Waals surface area contributed by atoms with Gasteiger partial charge in [-0.3, -0.25) is 4.90 Å². The molecule has 2 aliphatic rings. The normalized spacial score (nSPS) is 27.8. The van der Waals surface area contributed by atoms with E-state index in [2.05, 4.69) is 49.3 Å². The molecule has 1 aliphatic carbocycles. The minimum Gasteiger partial charge on any atom is -0.374 e. The van der Waals surface area contributed by atoms with Crippen molar-refractivity contribution in [1.29, 1.82) is 0 Å². The first-order valence-corrected chi connectivity index (χ1v) is 7.78. The quantitative estimate of drug-likeness (QED) is 0.912. The Morgan fingerprint density at radius 3 is 2.85 bits per heavy atom. The zero-order valence-electron chi connectivity index (χ0n) is 12.9. The van der Waals surface area contributed by atoms with Gasteiger partial charge in [-0.2, -0.15) is 0 Å². The molecule has 0 radical (unpaired) electrons. The van der Waals surface area contributed by atoms with E-state index in [9.17, 15) is 0 Å². The summed E-state index contributed by atoms with van der Waals surface area (Å²) in [5.74, 6) is 0. The van der Waals surface area contributed by atoms with E-state index >= 15 is 0 Å². The second-order valence-corrected chi connectivity index (χ2v) is 6.31. The van der Waals surface area contributed by atoms with E-state index in [4.69, 9.17) is 4.74 Å². The molecule has 1 saturated carbocycles. The van der Waals surface area contributed by atoms with Crippen LogP contribution in [0.3, 0.4) is 0 Å². The highest BCUT2D eigenvalue weighted by Gasteiger charge is 2.33. The molecular weight excluding hydrogens is 248 g/mol. The van der Waals surface area contributed by atoms with Crippen molar-refractivity contribution in [3.05, 3.63) is 34.9 Å². The van der Waals surface area contributed by atoms with Gasteiger partial charge in [0.15, 0.2) is 0 Å². The first kappa shape index (κ1) is 14.1. The lowest BCUT2D eigenvalue weighted by molar-refractivity contribution is -0.0617. The van der Waals surface area contributed by atoms with E-state index in [0.29, 0.717) is 6.04 Å². The van der Waals surface area contributed by atoms with E-state index in [1.165, 1.54) is 29.5 Å². The second-order valence-electron chi connectivity index (χ2n) is 6.31. The van der Waals surface area contributed by atoms with Crippen LogP contribution in [0, 0.1) is 13.8 Å². The lowest BCUT2D eigenvalue weighted by atomic mass is 9.92. The highest BCUT2D eigenvalue weighted by atomic mass is 16.5. The van der Waals surface area contributed by atoms with E-state index in [0.717, 1.165) is 25.7 Å². The third-order valence-electron chi connectivity index (χ3n) is 4.75. The van der Waals surface area contributed by atoms with Crippen LogP contribution in [0.2, 0.25) is 0 Å². The maximum Gasteiger partial charge on any atom is 0.0896 e. The maximum absolute atomic E-state index is 6.08. The summed E-state index contributed by atoms with van der Waals surface area (Å²) in [6, 6.07) is 7.74. The van der Waals surface area contributed by atoms with E-state index < -0.39 is 0 Å². The summed E-state index contributed by atoms with van der Waals surface area (Å²) < 4.78 is 6.08. The molecule has 1 aromatic rings. The zero-order valence-corrected chi connectivity index (χ0v) is 12.9. The number of morpholine rings is 1. The molecule has 1 saturated heterocycles. The van der Waals surface area contributed by atoms with Crippen molar-refractivity contribution in [2.24, 2.45) is 0 Å². The van der Waals surface area contributed by atoms with Gasteiger partial charge in [0, 0.05) is 19.1 Å². The molecule has 0 bridgehead atoms. The third-order valence-corrected chi connectivity index (χ3v) is 4.75. The molecule has 3 nitrogen and oxygen atoms in total. The Hall–Kier alpha value is -0.900. The molecule has 110 valence electrons. The first-order valence-electron chi connectivity index (χ1n) is 7.78. The van der Waals surface area contributed by atoms with Gasteiger partial charge >= 0.3 is 0 Å². The number of rotatable bonds is 4. The standard InChI is InChI=1S/C17H26N2O/c1-12-5-4-6-15(13(12)2)17-16(11-18-14-7-8-14)20-10-9-19(17)3/h4-6,14,16-18H,7-11H2,1-3H3. The van der Waals surface area contributed by atoms with Gasteiger partial charge in [-0.25, -0.2) is 0 Å². The average Bonchev–Trinajstić information content (AvgIpc) is 3.24. The molecule has 3 rings (SSSR count). The predicted octanol–water partition coefficient (Wildman–Crippen LogP) is 2.43. The number of nitrogens with one attached hydrogen (secondary N) is 1. The Balaban J connectivity index is 1.82. The molecule has 20 heavy (non-hydrogen) atoms. The number of benzene rings is 1. The average molecular weight is 274 g/mol. The molecule has 1 N–H and O–H groups in total. The molecule has 1 aromatic carbocycles. The fourth-order valence-corrected chi connectivity index (χ4v) is 3.13. The SMILES string of the molecule is Cc1cccc(C2C(CNC3CC3)OCCN2C)c1C.